The summed E-state index contributed by atoms with van der Waals surface area (Å²) in [6.45, 7) is 7.96. The molecule has 0 aromatic carbocycles. The van der Waals surface area contributed by atoms with Gasteiger partial charge in [-0.25, -0.2) is 0 Å². The van der Waals surface area contributed by atoms with Gasteiger partial charge in [0, 0.05) is 11.4 Å². The smallest absolute Gasteiger partial charge is 0.136 e. The number of aliphatic hydroxyl groups is 1. The van der Waals surface area contributed by atoms with Crippen LogP contribution in [0.15, 0.2) is 0 Å². The predicted octanol–water partition coefficient (Wildman–Crippen LogP) is 0.931. The van der Waals surface area contributed by atoms with E-state index in [1.54, 1.807) is 0 Å². The van der Waals surface area contributed by atoms with Gasteiger partial charge in [-0.1, -0.05) is 0 Å². The Morgan fingerprint density at radius 2 is 1.94 bits per heavy atom. The second-order valence-corrected chi connectivity index (χ2v) is 8.76. The first-order valence-corrected chi connectivity index (χ1v) is 8.05. The maximum absolute atomic E-state index is 12.3. The Morgan fingerprint density at radius 3 is 2.50 bits per heavy atom. The summed E-state index contributed by atoms with van der Waals surface area (Å²) >= 11 is -1.05. The van der Waals surface area contributed by atoms with E-state index in [-0.39, 0.29) is 22.3 Å². The third kappa shape index (κ3) is 3.02. The largest absolute Gasteiger partial charge is 0.598 e. The Labute approximate surface area is 113 Å². The lowest BCUT2D eigenvalue weighted by atomic mass is 9.75. The Morgan fingerprint density at radius 1 is 1.33 bits per heavy atom. The molecule has 3 atom stereocenters. The number of piperidine rings is 1. The summed E-state index contributed by atoms with van der Waals surface area (Å²) in [7, 11) is 0. The van der Waals surface area contributed by atoms with E-state index in [0.29, 0.717) is 0 Å². The Kier molecular flexibility index (Phi) is 4.29. The number of hydrogen-bond donors (Lipinski definition) is 3. The minimum absolute atomic E-state index is 0.144. The average molecular weight is 274 g/mol. The van der Waals surface area contributed by atoms with Gasteiger partial charge in [0.2, 0.25) is 0 Å². The van der Waals surface area contributed by atoms with Crippen LogP contribution < -0.4 is 10.0 Å². The summed E-state index contributed by atoms with van der Waals surface area (Å²) < 4.78 is 15.3. The summed E-state index contributed by atoms with van der Waals surface area (Å²) in [4.78, 5) is 0. The zero-order valence-corrected chi connectivity index (χ0v) is 12.5. The molecule has 5 heteroatoms. The molecule has 1 heterocycles. The molecule has 106 valence electrons. The zero-order chi connectivity index (χ0) is 13.4. The second-order valence-electron chi connectivity index (χ2n) is 6.76. The van der Waals surface area contributed by atoms with Crippen LogP contribution in [0, 0.1) is 5.41 Å². The van der Waals surface area contributed by atoms with Crippen molar-refractivity contribution in [1.29, 1.82) is 0 Å². The van der Waals surface area contributed by atoms with Gasteiger partial charge in [0.15, 0.2) is 0 Å². The summed E-state index contributed by atoms with van der Waals surface area (Å²) in [6.07, 6.45) is 3.50. The van der Waals surface area contributed by atoms with Crippen molar-refractivity contribution in [2.75, 3.05) is 13.1 Å². The van der Waals surface area contributed by atoms with Crippen LogP contribution in [0.3, 0.4) is 0 Å². The van der Waals surface area contributed by atoms with Crippen molar-refractivity contribution in [3.05, 3.63) is 0 Å². The predicted molar refractivity (Wildman–Crippen MR) is 74.6 cm³/mol. The zero-order valence-electron chi connectivity index (χ0n) is 11.7. The van der Waals surface area contributed by atoms with Gasteiger partial charge >= 0.3 is 0 Å². The van der Waals surface area contributed by atoms with E-state index in [1.807, 2.05) is 20.8 Å². The highest BCUT2D eigenvalue weighted by molar-refractivity contribution is 7.90. The van der Waals surface area contributed by atoms with Crippen molar-refractivity contribution in [3.63, 3.8) is 0 Å². The number of aliphatic hydroxyl groups excluding tert-OH is 1. The Bertz CT molecular complexity index is 287. The third-order valence-corrected chi connectivity index (χ3v) is 5.90. The van der Waals surface area contributed by atoms with Crippen molar-refractivity contribution in [1.82, 2.24) is 10.0 Å². The average Bonchev–Trinajstić information content (AvgIpc) is 2.54. The Hall–Kier alpha value is 0.190. The molecular formula is C13H26N2O2S. The fraction of sp³-hybridized carbons (Fsp3) is 1.00. The highest BCUT2D eigenvalue weighted by atomic mass is 32.2. The van der Waals surface area contributed by atoms with Crippen LogP contribution in [-0.2, 0) is 11.4 Å². The molecule has 1 saturated heterocycles. The van der Waals surface area contributed by atoms with E-state index in [0.717, 1.165) is 38.8 Å². The molecule has 0 radical (unpaired) electrons. The van der Waals surface area contributed by atoms with E-state index in [2.05, 4.69) is 10.0 Å². The number of hydrogen-bond acceptors (Lipinski definition) is 4. The van der Waals surface area contributed by atoms with Gasteiger partial charge in [0.05, 0.1) is 12.1 Å². The van der Waals surface area contributed by atoms with E-state index >= 15 is 0 Å². The van der Waals surface area contributed by atoms with Gasteiger partial charge in [-0.15, -0.1) is 4.72 Å². The van der Waals surface area contributed by atoms with E-state index in [9.17, 15) is 9.66 Å². The molecule has 2 aliphatic rings. The van der Waals surface area contributed by atoms with Crippen LogP contribution in [-0.4, -0.2) is 39.6 Å². The van der Waals surface area contributed by atoms with Crippen LogP contribution in [0.1, 0.15) is 46.5 Å². The molecule has 1 aliphatic carbocycles. The summed E-state index contributed by atoms with van der Waals surface area (Å²) in [5, 5.41) is 13.3. The molecule has 0 amide bonds. The Balaban J connectivity index is 2.05. The normalized spacial score (nSPS) is 33.8. The molecule has 0 aromatic rings. The fourth-order valence-corrected chi connectivity index (χ4v) is 4.13. The molecular weight excluding hydrogens is 248 g/mol. The van der Waals surface area contributed by atoms with Gasteiger partial charge in [0.1, 0.15) is 4.75 Å². The lowest BCUT2D eigenvalue weighted by molar-refractivity contribution is 0.133. The van der Waals surface area contributed by atoms with Crippen molar-refractivity contribution < 1.29 is 9.66 Å². The number of nitrogens with one attached hydrogen (secondary N) is 2. The maximum Gasteiger partial charge on any atom is 0.136 e. The SMILES string of the molecule is CC(C)(C)[S@@+]([O-])N[C@@H]1C[C@@H](O)CC12CCNCC2. The van der Waals surface area contributed by atoms with Crippen molar-refractivity contribution in [2.45, 2.75) is 63.3 Å². The van der Waals surface area contributed by atoms with Crippen LogP contribution in [0.4, 0.5) is 0 Å². The first kappa shape index (κ1) is 14.6. The summed E-state index contributed by atoms with van der Waals surface area (Å²) in [5.74, 6) is 0. The molecule has 2 fully saturated rings. The van der Waals surface area contributed by atoms with E-state index < -0.39 is 11.4 Å². The topological polar surface area (TPSA) is 67.3 Å². The van der Waals surface area contributed by atoms with Crippen LogP contribution >= 0.6 is 0 Å². The maximum atomic E-state index is 12.3. The molecule has 4 nitrogen and oxygen atoms in total. The minimum Gasteiger partial charge on any atom is -0.598 e. The molecule has 0 bridgehead atoms. The van der Waals surface area contributed by atoms with Gasteiger partial charge in [-0.2, -0.15) is 0 Å². The lowest BCUT2D eigenvalue weighted by Gasteiger charge is -2.40. The van der Waals surface area contributed by atoms with Gasteiger partial charge in [-0.05, 0) is 65.0 Å². The van der Waals surface area contributed by atoms with E-state index in [1.165, 1.54) is 0 Å². The van der Waals surface area contributed by atoms with E-state index in [4.69, 9.17) is 0 Å². The van der Waals surface area contributed by atoms with Gasteiger partial charge in [-0.3, -0.25) is 0 Å². The number of rotatable bonds is 2. The van der Waals surface area contributed by atoms with Crippen LogP contribution in [0.25, 0.3) is 0 Å². The first-order chi connectivity index (χ1) is 8.33. The molecule has 3 N–H and O–H groups in total. The lowest BCUT2D eigenvalue weighted by Crippen LogP contribution is -2.52. The van der Waals surface area contributed by atoms with Crippen molar-refractivity contribution in [3.8, 4) is 0 Å². The molecule has 0 unspecified atom stereocenters. The highest BCUT2D eigenvalue weighted by Gasteiger charge is 2.49. The third-order valence-electron chi connectivity index (χ3n) is 4.29. The molecule has 0 aromatic heterocycles. The van der Waals surface area contributed by atoms with Crippen molar-refractivity contribution >= 4 is 11.4 Å². The highest BCUT2D eigenvalue weighted by Crippen LogP contribution is 2.45. The first-order valence-electron chi connectivity index (χ1n) is 6.90. The molecule has 1 aliphatic heterocycles. The quantitative estimate of drug-likeness (QED) is 0.655. The molecule has 18 heavy (non-hydrogen) atoms. The monoisotopic (exact) mass is 274 g/mol. The fourth-order valence-electron chi connectivity index (χ4n) is 3.17. The summed E-state index contributed by atoms with van der Waals surface area (Å²) in [6, 6.07) is 0.189. The molecule has 2 rings (SSSR count). The minimum atomic E-state index is -1.05. The van der Waals surface area contributed by atoms with Crippen LogP contribution in [0.5, 0.6) is 0 Å². The standard InChI is InChI=1S/C13H26N2O2S/c1-12(2,3)18(17)15-11-8-10(16)9-13(11)4-6-14-7-5-13/h10-11,14-16H,4-9H2,1-3H3/t10-,11-,18-/m1/s1. The van der Waals surface area contributed by atoms with Gasteiger partial charge in [0.25, 0.3) is 0 Å². The summed E-state index contributed by atoms with van der Waals surface area (Å²) in [5.41, 5.74) is 0.144. The molecule has 1 spiro atoms. The molecule has 1 saturated carbocycles. The second kappa shape index (κ2) is 5.29. The van der Waals surface area contributed by atoms with Gasteiger partial charge < -0.3 is 15.0 Å². The van der Waals surface area contributed by atoms with Crippen molar-refractivity contribution in [2.24, 2.45) is 5.41 Å². The van der Waals surface area contributed by atoms with Crippen LogP contribution in [0.2, 0.25) is 0 Å².